The lowest BCUT2D eigenvalue weighted by atomic mass is 9.81. The molecule has 3 aromatic rings. The first-order valence-electron chi connectivity index (χ1n) is 11.9. The van der Waals surface area contributed by atoms with E-state index >= 15 is 0 Å². The van der Waals surface area contributed by atoms with Crippen molar-refractivity contribution in [2.45, 2.75) is 30.3 Å². The number of aliphatic hydroxyl groups excluding tert-OH is 2. The van der Waals surface area contributed by atoms with E-state index < -0.39 is 6.10 Å². The van der Waals surface area contributed by atoms with Gasteiger partial charge in [-0.2, -0.15) is 0 Å². The lowest BCUT2D eigenvalue weighted by Gasteiger charge is -2.38. The molecule has 7 heteroatoms. The van der Waals surface area contributed by atoms with Gasteiger partial charge in [-0.25, -0.2) is 4.39 Å². The first-order chi connectivity index (χ1) is 16.6. The number of pyridine rings is 1. The molecular weight excluding hydrogens is 451 g/mol. The fraction of sp³-hybridized carbons (Fsp3) is 0.444. The third kappa shape index (κ3) is 6.27. The number of aliphatic hydroxyl groups is 2. The molecule has 1 unspecified atom stereocenters. The zero-order valence-electron chi connectivity index (χ0n) is 19.6. The zero-order valence-corrected chi connectivity index (χ0v) is 20.4. The molecule has 0 radical (unpaired) electrons. The monoisotopic (exact) mass is 484 g/mol. The summed E-state index contributed by atoms with van der Waals surface area (Å²) in [6.07, 6.45) is 3.68. The van der Waals surface area contributed by atoms with E-state index in [9.17, 15) is 14.6 Å². The Morgan fingerprint density at radius 2 is 2.09 bits per heavy atom. The van der Waals surface area contributed by atoms with Crippen LogP contribution in [0.15, 0.2) is 59.6 Å². The van der Waals surface area contributed by atoms with Gasteiger partial charge in [0.05, 0.1) is 18.7 Å². The molecule has 3 atom stereocenters. The van der Waals surface area contributed by atoms with Crippen LogP contribution in [0.4, 0.5) is 4.39 Å². The summed E-state index contributed by atoms with van der Waals surface area (Å²) in [5, 5.41) is 21.9. The maximum atomic E-state index is 13.4. The van der Waals surface area contributed by atoms with Gasteiger partial charge in [0.2, 0.25) is 0 Å². The van der Waals surface area contributed by atoms with Crippen LogP contribution in [0.2, 0.25) is 0 Å². The second kappa shape index (κ2) is 12.0. The van der Waals surface area contributed by atoms with Gasteiger partial charge in [0.1, 0.15) is 11.6 Å². The van der Waals surface area contributed by atoms with Crippen LogP contribution in [0.5, 0.6) is 5.75 Å². The van der Waals surface area contributed by atoms with Gasteiger partial charge in [-0.15, -0.1) is 11.8 Å². The molecule has 2 heterocycles. The molecule has 1 fully saturated rings. The zero-order chi connectivity index (χ0) is 23.9. The molecule has 1 aliphatic rings. The maximum Gasteiger partial charge on any atom is 0.124 e. The van der Waals surface area contributed by atoms with E-state index in [1.165, 1.54) is 6.07 Å². The Balaban J connectivity index is 1.29. The normalized spacial score (nSPS) is 19.9. The number of piperidine rings is 1. The quantitative estimate of drug-likeness (QED) is 0.398. The van der Waals surface area contributed by atoms with Gasteiger partial charge < -0.3 is 19.8 Å². The summed E-state index contributed by atoms with van der Waals surface area (Å²) in [7, 11) is 1.63. The molecule has 1 aromatic heterocycles. The van der Waals surface area contributed by atoms with Crippen molar-refractivity contribution in [1.29, 1.82) is 0 Å². The summed E-state index contributed by atoms with van der Waals surface area (Å²) in [4.78, 5) is 7.75. The minimum Gasteiger partial charge on any atom is -0.497 e. The highest BCUT2D eigenvalue weighted by molar-refractivity contribution is 7.99. The lowest BCUT2D eigenvalue weighted by Crippen LogP contribution is -2.43. The summed E-state index contributed by atoms with van der Waals surface area (Å²) in [5.41, 5.74) is 1.71. The average molecular weight is 485 g/mol. The van der Waals surface area contributed by atoms with Crippen LogP contribution < -0.4 is 4.74 Å². The number of likely N-dealkylation sites (tertiary alicyclic amines) is 1. The Hall–Kier alpha value is -2.19. The summed E-state index contributed by atoms with van der Waals surface area (Å²) >= 11 is 1.66. The van der Waals surface area contributed by atoms with Crippen molar-refractivity contribution in [3.8, 4) is 5.75 Å². The van der Waals surface area contributed by atoms with Crippen molar-refractivity contribution in [1.82, 2.24) is 9.88 Å². The van der Waals surface area contributed by atoms with E-state index in [2.05, 4.69) is 9.88 Å². The number of nitrogens with zero attached hydrogens (tertiary/aromatic N) is 2. The Kier molecular flexibility index (Phi) is 8.78. The molecule has 0 amide bonds. The molecule has 34 heavy (non-hydrogen) atoms. The number of hydrogen-bond acceptors (Lipinski definition) is 6. The predicted octanol–water partition coefficient (Wildman–Crippen LogP) is 4.92. The van der Waals surface area contributed by atoms with Crippen molar-refractivity contribution in [2.24, 2.45) is 11.8 Å². The minimum absolute atomic E-state index is 0.156. The number of halogens is 1. The molecule has 2 N–H and O–H groups in total. The van der Waals surface area contributed by atoms with Crippen molar-refractivity contribution in [3.05, 3.63) is 66.1 Å². The number of fused-ring (bicyclic) bond motifs is 1. The highest BCUT2D eigenvalue weighted by Crippen LogP contribution is 2.33. The third-order valence-electron chi connectivity index (χ3n) is 6.83. The molecule has 0 saturated carbocycles. The molecule has 0 bridgehead atoms. The SMILES string of the molecule is COc1ccc2nccc(C(O)CC[C@@H]3CCN(CCSc4cccc(F)c4)C[C@@H]3CO)c2c1. The standard InChI is InChI=1S/C27H33FN2O3S/c1-33-22-6-7-26-25(16-22)24(9-11-29-26)27(32)8-5-19-10-12-30(17-20(19)18-31)13-14-34-23-4-2-3-21(28)15-23/h2-4,6-7,9,11,15-16,19-20,27,31-32H,5,8,10,12-14,17-18H2,1H3/t19-,20-,27?/m1/s1. The molecule has 182 valence electrons. The maximum absolute atomic E-state index is 13.4. The third-order valence-corrected chi connectivity index (χ3v) is 7.81. The average Bonchev–Trinajstić information content (AvgIpc) is 2.87. The summed E-state index contributed by atoms with van der Waals surface area (Å²) in [6.45, 7) is 2.91. The van der Waals surface area contributed by atoms with Crippen LogP contribution in [0.3, 0.4) is 0 Å². The van der Waals surface area contributed by atoms with Gasteiger partial charge in [-0.1, -0.05) is 6.07 Å². The second-order valence-corrected chi connectivity index (χ2v) is 10.1. The van der Waals surface area contributed by atoms with Gasteiger partial charge in [0, 0.05) is 41.9 Å². The van der Waals surface area contributed by atoms with Gasteiger partial charge >= 0.3 is 0 Å². The number of benzene rings is 2. The van der Waals surface area contributed by atoms with Gasteiger partial charge in [0.25, 0.3) is 0 Å². The molecule has 5 nitrogen and oxygen atoms in total. The number of ether oxygens (including phenoxy) is 1. The first-order valence-corrected chi connectivity index (χ1v) is 12.9. The van der Waals surface area contributed by atoms with E-state index in [0.717, 1.165) is 65.3 Å². The fourth-order valence-electron chi connectivity index (χ4n) is 4.89. The Labute approximate surface area is 205 Å². The predicted molar refractivity (Wildman–Crippen MR) is 135 cm³/mol. The highest BCUT2D eigenvalue weighted by atomic mass is 32.2. The van der Waals surface area contributed by atoms with Crippen molar-refractivity contribution < 1.29 is 19.3 Å². The van der Waals surface area contributed by atoms with Crippen LogP contribution in [0.1, 0.15) is 30.9 Å². The van der Waals surface area contributed by atoms with Gasteiger partial charge in [-0.05, 0) is 85.7 Å². The van der Waals surface area contributed by atoms with E-state index in [1.54, 1.807) is 37.2 Å². The number of aromatic nitrogens is 1. The number of thioether (sulfide) groups is 1. The highest BCUT2D eigenvalue weighted by Gasteiger charge is 2.29. The molecule has 0 aliphatic carbocycles. The van der Waals surface area contributed by atoms with Crippen LogP contribution in [-0.2, 0) is 0 Å². The molecule has 4 rings (SSSR count). The Bertz CT molecular complexity index is 1080. The topological polar surface area (TPSA) is 65.8 Å². The molecule has 0 spiro atoms. The smallest absolute Gasteiger partial charge is 0.124 e. The number of rotatable bonds is 10. The second-order valence-electron chi connectivity index (χ2n) is 8.97. The van der Waals surface area contributed by atoms with Crippen molar-refractivity contribution >= 4 is 22.7 Å². The number of methoxy groups -OCH3 is 1. The largest absolute Gasteiger partial charge is 0.497 e. The summed E-state index contributed by atoms with van der Waals surface area (Å²) < 4.78 is 18.7. The van der Waals surface area contributed by atoms with E-state index in [4.69, 9.17) is 4.74 Å². The van der Waals surface area contributed by atoms with Crippen molar-refractivity contribution in [2.75, 3.05) is 39.1 Å². The molecule has 1 saturated heterocycles. The van der Waals surface area contributed by atoms with E-state index in [-0.39, 0.29) is 18.3 Å². The van der Waals surface area contributed by atoms with Crippen LogP contribution in [0, 0.1) is 17.7 Å². The van der Waals surface area contributed by atoms with Gasteiger partial charge in [-0.3, -0.25) is 4.98 Å². The fourth-order valence-corrected chi connectivity index (χ4v) is 5.84. The molecule has 2 aromatic carbocycles. The summed E-state index contributed by atoms with van der Waals surface area (Å²) in [5.74, 6) is 2.03. The van der Waals surface area contributed by atoms with Crippen LogP contribution >= 0.6 is 11.8 Å². The molecule has 1 aliphatic heterocycles. The van der Waals surface area contributed by atoms with Crippen molar-refractivity contribution in [3.63, 3.8) is 0 Å². The Morgan fingerprint density at radius 3 is 2.88 bits per heavy atom. The Morgan fingerprint density at radius 1 is 1.21 bits per heavy atom. The molecular formula is C27H33FN2O3S. The van der Waals surface area contributed by atoms with Gasteiger partial charge in [0.15, 0.2) is 0 Å². The number of hydrogen-bond donors (Lipinski definition) is 2. The van der Waals surface area contributed by atoms with E-state index in [1.807, 2.05) is 30.3 Å². The minimum atomic E-state index is -0.586. The summed E-state index contributed by atoms with van der Waals surface area (Å²) in [6, 6.07) is 14.3. The lowest BCUT2D eigenvalue weighted by molar-refractivity contribution is 0.0608. The van der Waals surface area contributed by atoms with E-state index in [0.29, 0.717) is 12.3 Å². The van der Waals surface area contributed by atoms with Crippen LogP contribution in [-0.4, -0.2) is 59.2 Å². The first kappa shape index (κ1) is 24.9. The van der Waals surface area contributed by atoms with Crippen LogP contribution in [0.25, 0.3) is 10.9 Å².